The Balaban J connectivity index is 0.000000119. The van der Waals surface area contributed by atoms with Gasteiger partial charge in [0.2, 0.25) is 0 Å². The van der Waals surface area contributed by atoms with Gasteiger partial charge in [0.1, 0.15) is 11.2 Å². The number of furan rings is 1. The van der Waals surface area contributed by atoms with Crippen LogP contribution in [-0.2, 0) is 0 Å². The summed E-state index contributed by atoms with van der Waals surface area (Å²) in [4.78, 5) is 0. The molecule has 0 spiro atoms. The molecule has 1 nitrogen and oxygen atoms in total. The zero-order chi connectivity index (χ0) is 103. The van der Waals surface area contributed by atoms with Crippen molar-refractivity contribution in [3.63, 3.8) is 0 Å². The van der Waals surface area contributed by atoms with E-state index in [1.807, 2.05) is 291 Å². The van der Waals surface area contributed by atoms with Gasteiger partial charge in [0.15, 0.2) is 0 Å². The third kappa shape index (κ3) is 12.5. The Bertz CT molecular complexity index is 10200. The monoisotopic (exact) mass is 1610 g/mol. The van der Waals surface area contributed by atoms with Crippen molar-refractivity contribution in [2.75, 3.05) is 0 Å². The molecule has 26 aromatic rings. The van der Waals surface area contributed by atoms with Gasteiger partial charge in [0.25, 0.3) is 0 Å². The molecule has 0 saturated heterocycles. The van der Waals surface area contributed by atoms with E-state index in [1.54, 1.807) is 0 Å². The molecule has 0 fully saturated rings. The van der Waals surface area contributed by atoms with E-state index < -0.39 is 72.5 Å². The van der Waals surface area contributed by atoms with Crippen LogP contribution in [0.4, 0.5) is 0 Å². The molecule has 0 aliphatic rings. The Morgan fingerprint density at radius 1 is 0.152 bits per heavy atom. The third-order valence-corrected chi connectivity index (χ3v) is 24.4. The summed E-state index contributed by atoms with van der Waals surface area (Å²) in [5, 5.41) is 18.2. The lowest BCUT2D eigenvalue weighted by Crippen LogP contribution is -1.91. The lowest BCUT2D eigenvalue weighted by Gasteiger charge is -2.18. The molecule has 0 bridgehead atoms. The molecule has 1 heterocycles. The second-order valence-electron chi connectivity index (χ2n) is 31.3. The second kappa shape index (κ2) is 30.4. The molecular formula is C124H78O. The van der Waals surface area contributed by atoms with Gasteiger partial charge in [0.05, 0.1) is 32.9 Å². The predicted octanol–water partition coefficient (Wildman–Crippen LogP) is 35.3. The van der Waals surface area contributed by atoms with Crippen molar-refractivity contribution < 1.29 is 37.3 Å². The van der Waals surface area contributed by atoms with Crippen LogP contribution in [-0.4, -0.2) is 0 Å². The van der Waals surface area contributed by atoms with Gasteiger partial charge in [-0.05, 0) is 260 Å². The van der Waals surface area contributed by atoms with Crippen LogP contribution in [0.5, 0.6) is 0 Å². The molecule has 1 heteroatoms. The molecule has 0 saturated carbocycles. The van der Waals surface area contributed by atoms with Gasteiger partial charge in [-0.15, -0.1) is 0 Å². The highest BCUT2D eigenvalue weighted by Gasteiger charge is 2.24. The molecule has 0 radical (unpaired) electrons. The summed E-state index contributed by atoms with van der Waals surface area (Å²) in [6.45, 7) is 0. The zero-order valence-electron chi connectivity index (χ0n) is 90.6. The first kappa shape index (κ1) is 52.0. The maximum absolute atomic E-state index is 9.33. The molecular weight excluding hydrogens is 1510 g/mol. The molecule has 26 rings (SSSR count). The van der Waals surface area contributed by atoms with E-state index in [-0.39, 0.29) is 143 Å². The molecule has 0 unspecified atom stereocenters. The molecule has 0 atom stereocenters. The van der Waals surface area contributed by atoms with Crippen molar-refractivity contribution >= 4 is 162 Å². The SMILES string of the molecule is [2H]c1c([2H])c([2H])c2c(-c3ccc4c(c3)oc3c5ccccc5c5ccccc5c43)c3c([2H])c([2H])c([2H])c([2H])c3c(-c3ccc4ccccc4c3)c2c1[2H].[2H]c1c([2H])c([2H])c2c(-c3ccc4ccccc4c3)c3c([2H])c([2H])c([2H])c([2H])c3c(-c3ccc(-c4cccc5ccccc45)cc3)c2c1[2H].[2H]c1c([2H])c([2H])c2c(-c3ccc4ccccc4c3)c3c([2H])c([2H])c([2H])c([2H])c3c(-c3cccc(-c4cccc5ccccc45)c3)c2c1[2H]. The third-order valence-electron chi connectivity index (χ3n) is 24.4. The van der Waals surface area contributed by atoms with E-state index in [4.69, 9.17) is 20.9 Å². The molecule has 0 amide bonds. The van der Waals surface area contributed by atoms with Crippen LogP contribution in [0.15, 0.2) is 477 Å². The average Bonchev–Trinajstić information content (AvgIpc) is 1.67. The van der Waals surface area contributed by atoms with E-state index in [0.717, 1.165) is 114 Å². The molecule has 0 aliphatic heterocycles. The second-order valence-corrected chi connectivity index (χ2v) is 31.3. The normalized spacial score (nSPS) is 14.4. The van der Waals surface area contributed by atoms with Crippen molar-refractivity contribution in [1.29, 1.82) is 0 Å². The minimum atomic E-state index is -0.434. The summed E-state index contributed by atoms with van der Waals surface area (Å²) >= 11 is 0. The van der Waals surface area contributed by atoms with E-state index in [1.165, 1.54) is 0 Å². The fraction of sp³-hybridized carbons (Fsp3) is 0. The summed E-state index contributed by atoms with van der Waals surface area (Å²) in [5.41, 5.74) is 10.5. The molecule has 0 N–H and O–H groups in total. The minimum absolute atomic E-state index is 0.169. The highest BCUT2D eigenvalue weighted by atomic mass is 16.3. The summed E-state index contributed by atoms with van der Waals surface area (Å²) < 4.78 is 222. The highest BCUT2D eigenvalue weighted by molar-refractivity contribution is 6.31. The van der Waals surface area contributed by atoms with Crippen LogP contribution in [0.25, 0.3) is 251 Å². The minimum Gasteiger partial charge on any atom is -0.455 e. The fourth-order valence-corrected chi connectivity index (χ4v) is 18.8. The lowest BCUT2D eigenvalue weighted by atomic mass is 9.85. The van der Waals surface area contributed by atoms with Crippen LogP contribution in [0.1, 0.15) is 32.9 Å². The smallest absolute Gasteiger partial charge is 0.143 e. The Morgan fingerprint density at radius 2 is 0.416 bits per heavy atom. The Labute approximate surface area is 757 Å². The van der Waals surface area contributed by atoms with Gasteiger partial charge < -0.3 is 4.42 Å². The number of benzene rings is 25. The van der Waals surface area contributed by atoms with Crippen LogP contribution in [0.3, 0.4) is 0 Å². The van der Waals surface area contributed by atoms with Gasteiger partial charge in [-0.3, -0.25) is 0 Å². The fourth-order valence-electron chi connectivity index (χ4n) is 18.8. The number of hydrogen-bond donors (Lipinski definition) is 0. The van der Waals surface area contributed by atoms with Gasteiger partial charge in [-0.25, -0.2) is 0 Å². The standard InChI is InChI=1S/C44H26O.2C40H26/c1-2-12-28-25-29(22-21-27(28)11-1)41-34-16-6-8-18-36(34)42(37-19-9-7-17-35(37)41)30-23-24-39-40(26-30)45-44-38-20-10-4-14-32(38)31-13-3-5-15-33(31)43(39)44;1-2-13-29-25-32(24-23-27(29)11-1)40-37-20-7-5-18-35(37)39(36-19-6-8-21-38(36)40)31-16-9-15-30(26-31)34-22-10-14-28-12-3-4-17-33(28)34;1-2-12-31-26-32(25-20-27(31)10-1)40-37-17-7-5-15-35(37)39(36-16-6-8-18-38(36)40)30-23-21-29(22-24-30)34-19-9-13-28-11-3-4-14-33(28)34/h1-26H;2*1-26H/i6D,7D,8D,9D,16D,17D,18D,19D;5D,6D,7D,8D,18D,19D,20D,21D;5D,6D,7D,8D,15D,16D,17D,18D. The predicted molar refractivity (Wildman–Crippen MR) is 538 cm³/mol. The van der Waals surface area contributed by atoms with E-state index in [0.29, 0.717) is 66.8 Å². The van der Waals surface area contributed by atoms with Gasteiger partial charge in [-0.1, -0.05) is 436 Å². The largest absolute Gasteiger partial charge is 0.455 e. The van der Waals surface area contributed by atoms with Crippen molar-refractivity contribution in [2.24, 2.45) is 0 Å². The zero-order valence-corrected chi connectivity index (χ0v) is 66.6. The number of hydrogen-bond acceptors (Lipinski definition) is 1. The van der Waals surface area contributed by atoms with Crippen molar-refractivity contribution in [1.82, 2.24) is 0 Å². The van der Waals surface area contributed by atoms with Gasteiger partial charge in [0, 0.05) is 16.2 Å². The lowest BCUT2D eigenvalue weighted by molar-refractivity contribution is 0.673. The summed E-state index contributed by atoms with van der Waals surface area (Å²) in [7, 11) is 0. The topological polar surface area (TPSA) is 13.1 Å². The molecule has 0 aliphatic carbocycles. The van der Waals surface area contributed by atoms with Crippen molar-refractivity contribution in [3.05, 3.63) is 473 Å². The number of fused-ring (bicyclic) bond motifs is 19. The number of rotatable bonds is 8. The van der Waals surface area contributed by atoms with Crippen LogP contribution >= 0.6 is 0 Å². The first-order valence-corrected chi connectivity index (χ1v) is 41.3. The highest BCUT2D eigenvalue weighted by Crippen LogP contribution is 2.51. The van der Waals surface area contributed by atoms with E-state index >= 15 is 0 Å². The van der Waals surface area contributed by atoms with E-state index in [2.05, 4.69) is 36.4 Å². The Kier molecular flexibility index (Phi) is 12.7. The van der Waals surface area contributed by atoms with E-state index in [9.17, 15) is 16.4 Å². The van der Waals surface area contributed by atoms with Crippen LogP contribution in [0, 0.1) is 0 Å². The summed E-state index contributed by atoms with van der Waals surface area (Å²) in [6.07, 6.45) is 0. The maximum atomic E-state index is 9.33. The van der Waals surface area contributed by atoms with Crippen molar-refractivity contribution in [2.45, 2.75) is 0 Å². The Morgan fingerprint density at radius 3 is 0.816 bits per heavy atom. The van der Waals surface area contributed by atoms with Crippen LogP contribution < -0.4 is 0 Å². The molecule has 580 valence electrons. The first-order chi connectivity index (χ1) is 72.0. The summed E-state index contributed by atoms with van der Waals surface area (Å²) in [6, 6.07) is 97.4. The van der Waals surface area contributed by atoms with Gasteiger partial charge >= 0.3 is 0 Å². The average molecular weight is 1610 g/mol. The quantitative estimate of drug-likeness (QED) is 0.109. The first-order valence-electron chi connectivity index (χ1n) is 53.3. The van der Waals surface area contributed by atoms with Crippen LogP contribution in [0.2, 0.25) is 0 Å². The molecule has 1 aromatic heterocycles. The summed E-state index contributed by atoms with van der Waals surface area (Å²) in [5.74, 6) is 0. The molecule has 125 heavy (non-hydrogen) atoms. The van der Waals surface area contributed by atoms with Gasteiger partial charge in [-0.2, -0.15) is 0 Å². The maximum Gasteiger partial charge on any atom is 0.143 e. The van der Waals surface area contributed by atoms with Crippen molar-refractivity contribution in [3.8, 4) is 89.0 Å². The Hall–Kier alpha value is -16.3. The molecule has 25 aromatic carbocycles.